The fraction of sp³-hybridized carbons (Fsp3) is 0.211. The standard InChI is InChI=1S/C19H17F4NO/c1-2-3-4-5-13-6-8-14(9-7-13)12-24-15-10-16(20)18(17(21)11-15)25-19(22)23/h2,6-12,19H,1,3-5H2. The molecule has 0 spiro atoms. The van der Waals surface area contributed by atoms with Crippen LogP contribution >= 0.6 is 0 Å². The van der Waals surface area contributed by atoms with Crippen LogP contribution in [0.1, 0.15) is 24.0 Å². The molecule has 0 aliphatic carbocycles. The first-order valence-electron chi connectivity index (χ1n) is 7.67. The molecular formula is C19H17F4NO. The summed E-state index contributed by atoms with van der Waals surface area (Å²) in [5.41, 5.74) is 1.89. The molecule has 0 aliphatic rings. The zero-order valence-electron chi connectivity index (χ0n) is 13.4. The van der Waals surface area contributed by atoms with Crippen LogP contribution in [-0.4, -0.2) is 12.8 Å². The molecule has 0 fully saturated rings. The van der Waals surface area contributed by atoms with Gasteiger partial charge < -0.3 is 4.74 Å². The number of benzene rings is 2. The molecule has 2 aromatic carbocycles. The summed E-state index contributed by atoms with van der Waals surface area (Å²) in [4.78, 5) is 3.96. The molecule has 0 saturated heterocycles. The highest BCUT2D eigenvalue weighted by Crippen LogP contribution is 2.28. The lowest BCUT2D eigenvalue weighted by molar-refractivity contribution is -0.0546. The van der Waals surface area contributed by atoms with Crippen LogP contribution in [0.4, 0.5) is 23.2 Å². The van der Waals surface area contributed by atoms with Gasteiger partial charge >= 0.3 is 6.61 Å². The summed E-state index contributed by atoms with van der Waals surface area (Å²) < 4.78 is 55.2. The Balaban J connectivity index is 2.07. The molecule has 2 rings (SSSR count). The van der Waals surface area contributed by atoms with Crippen molar-refractivity contribution in [3.8, 4) is 5.75 Å². The Bertz CT molecular complexity index is 719. The van der Waals surface area contributed by atoms with Crippen molar-refractivity contribution >= 4 is 11.9 Å². The summed E-state index contributed by atoms with van der Waals surface area (Å²) in [7, 11) is 0. The first-order valence-corrected chi connectivity index (χ1v) is 7.67. The van der Waals surface area contributed by atoms with Crippen LogP contribution in [0.5, 0.6) is 5.75 Å². The molecular weight excluding hydrogens is 334 g/mol. The molecule has 0 aromatic heterocycles. The maximum atomic E-state index is 13.6. The molecule has 132 valence electrons. The monoisotopic (exact) mass is 351 g/mol. The Labute approximate surface area is 143 Å². The normalized spacial score (nSPS) is 11.2. The second-order valence-electron chi connectivity index (χ2n) is 5.30. The van der Waals surface area contributed by atoms with Crippen LogP contribution < -0.4 is 4.74 Å². The quantitative estimate of drug-likeness (QED) is 0.254. The molecule has 0 aliphatic heterocycles. The third-order valence-corrected chi connectivity index (χ3v) is 3.41. The third kappa shape index (κ3) is 5.74. The lowest BCUT2D eigenvalue weighted by atomic mass is 10.1. The summed E-state index contributed by atoms with van der Waals surface area (Å²) in [6.45, 7) is 0.373. The van der Waals surface area contributed by atoms with E-state index in [1.807, 2.05) is 30.3 Å². The lowest BCUT2D eigenvalue weighted by Crippen LogP contribution is -2.05. The number of unbranched alkanes of at least 4 members (excludes halogenated alkanes) is 1. The van der Waals surface area contributed by atoms with Gasteiger partial charge in [-0.1, -0.05) is 30.3 Å². The number of allylic oxidation sites excluding steroid dienone is 1. The second-order valence-corrected chi connectivity index (χ2v) is 5.30. The predicted molar refractivity (Wildman–Crippen MR) is 89.8 cm³/mol. The van der Waals surface area contributed by atoms with E-state index in [1.165, 1.54) is 11.8 Å². The number of nitrogens with zero attached hydrogens (tertiary/aromatic N) is 1. The van der Waals surface area contributed by atoms with Crippen molar-refractivity contribution in [2.45, 2.75) is 25.9 Å². The van der Waals surface area contributed by atoms with Crippen molar-refractivity contribution in [3.63, 3.8) is 0 Å². The summed E-state index contributed by atoms with van der Waals surface area (Å²) >= 11 is 0. The highest BCUT2D eigenvalue weighted by Gasteiger charge is 2.16. The zero-order valence-corrected chi connectivity index (χ0v) is 13.4. The molecule has 2 nitrogen and oxygen atoms in total. The molecule has 6 heteroatoms. The van der Waals surface area contributed by atoms with Crippen LogP contribution in [0.3, 0.4) is 0 Å². The molecule has 0 unspecified atom stereocenters. The largest absolute Gasteiger partial charge is 0.429 e. The number of rotatable bonds is 8. The van der Waals surface area contributed by atoms with E-state index < -0.39 is 24.0 Å². The minimum absolute atomic E-state index is 0.0355. The maximum absolute atomic E-state index is 13.6. The first-order chi connectivity index (χ1) is 12.0. The Morgan fingerprint density at radius 3 is 2.28 bits per heavy atom. The highest BCUT2D eigenvalue weighted by molar-refractivity contribution is 5.82. The van der Waals surface area contributed by atoms with Gasteiger partial charge in [0.05, 0.1) is 5.69 Å². The predicted octanol–water partition coefficient (Wildman–Crippen LogP) is 5.83. The minimum Gasteiger partial charge on any atom is -0.429 e. The average molecular weight is 351 g/mol. The topological polar surface area (TPSA) is 21.6 Å². The third-order valence-electron chi connectivity index (χ3n) is 3.41. The second kappa shape index (κ2) is 9.01. The van der Waals surface area contributed by atoms with Crippen LogP contribution in [0.15, 0.2) is 54.0 Å². The molecule has 0 saturated carbocycles. The highest BCUT2D eigenvalue weighted by atomic mass is 19.3. The first kappa shape index (κ1) is 18.7. The summed E-state index contributed by atoms with van der Waals surface area (Å²) in [5, 5.41) is 0. The van der Waals surface area contributed by atoms with Crippen LogP contribution in [0, 0.1) is 11.6 Å². The number of halogens is 4. The summed E-state index contributed by atoms with van der Waals surface area (Å²) in [5.74, 6) is -3.58. The van der Waals surface area contributed by atoms with Crippen LogP contribution in [-0.2, 0) is 6.42 Å². The fourth-order valence-corrected chi connectivity index (χ4v) is 2.19. The maximum Gasteiger partial charge on any atom is 0.387 e. The molecule has 0 atom stereocenters. The Morgan fingerprint density at radius 2 is 1.72 bits per heavy atom. The van der Waals surface area contributed by atoms with E-state index in [1.54, 1.807) is 0 Å². The number of hydrogen-bond acceptors (Lipinski definition) is 2. The van der Waals surface area contributed by atoms with E-state index in [9.17, 15) is 17.6 Å². The van der Waals surface area contributed by atoms with Crippen LogP contribution in [0.25, 0.3) is 0 Å². The molecule has 25 heavy (non-hydrogen) atoms. The Kier molecular flexibility index (Phi) is 6.74. The molecule has 2 aromatic rings. The van der Waals surface area contributed by atoms with Crippen molar-refractivity contribution in [3.05, 3.63) is 71.8 Å². The van der Waals surface area contributed by atoms with Gasteiger partial charge in [0.15, 0.2) is 17.4 Å². The van der Waals surface area contributed by atoms with Gasteiger partial charge in [-0.05, 0) is 30.4 Å². The summed E-state index contributed by atoms with van der Waals surface area (Å²) in [6, 6.07) is 9.25. The van der Waals surface area contributed by atoms with E-state index in [-0.39, 0.29) is 5.69 Å². The smallest absolute Gasteiger partial charge is 0.387 e. The van der Waals surface area contributed by atoms with Crippen molar-refractivity contribution in [2.75, 3.05) is 0 Å². The Morgan fingerprint density at radius 1 is 1.08 bits per heavy atom. The van der Waals surface area contributed by atoms with E-state index >= 15 is 0 Å². The number of ether oxygens (including phenoxy) is 1. The van der Waals surface area contributed by atoms with Crippen molar-refractivity contribution in [1.82, 2.24) is 0 Å². The number of aliphatic imine (C=N–C) groups is 1. The summed E-state index contributed by atoms with van der Waals surface area (Å²) in [6.07, 6.45) is 6.21. The lowest BCUT2D eigenvalue weighted by Gasteiger charge is -2.07. The van der Waals surface area contributed by atoms with Crippen molar-refractivity contribution < 1.29 is 22.3 Å². The van der Waals surface area contributed by atoms with Gasteiger partial charge in [-0.3, -0.25) is 4.99 Å². The van der Waals surface area contributed by atoms with Gasteiger partial charge in [0, 0.05) is 18.3 Å². The van der Waals surface area contributed by atoms with Crippen LogP contribution in [0.2, 0.25) is 0 Å². The zero-order chi connectivity index (χ0) is 18.2. The SMILES string of the molecule is C=CCCCc1ccc(C=Nc2cc(F)c(OC(F)F)c(F)c2)cc1. The van der Waals surface area contributed by atoms with E-state index in [2.05, 4.69) is 16.3 Å². The van der Waals surface area contributed by atoms with E-state index in [4.69, 9.17) is 0 Å². The van der Waals surface area contributed by atoms with Gasteiger partial charge in [0.2, 0.25) is 0 Å². The number of aryl methyl sites for hydroxylation is 1. The van der Waals surface area contributed by atoms with Crippen molar-refractivity contribution in [2.24, 2.45) is 4.99 Å². The number of alkyl halides is 2. The molecule has 0 amide bonds. The average Bonchev–Trinajstić information content (AvgIpc) is 2.57. The van der Waals surface area contributed by atoms with Gasteiger partial charge in [0.1, 0.15) is 0 Å². The van der Waals surface area contributed by atoms with E-state index in [0.29, 0.717) is 0 Å². The van der Waals surface area contributed by atoms with Gasteiger partial charge in [-0.25, -0.2) is 8.78 Å². The van der Waals surface area contributed by atoms with Gasteiger partial charge in [-0.2, -0.15) is 8.78 Å². The molecule has 0 bridgehead atoms. The minimum atomic E-state index is -3.30. The van der Waals surface area contributed by atoms with Crippen molar-refractivity contribution in [1.29, 1.82) is 0 Å². The number of hydrogen-bond donors (Lipinski definition) is 0. The Hall–Kier alpha value is -2.63. The van der Waals surface area contributed by atoms with Gasteiger partial charge in [-0.15, -0.1) is 6.58 Å². The van der Waals surface area contributed by atoms with Gasteiger partial charge in [0.25, 0.3) is 0 Å². The molecule has 0 radical (unpaired) electrons. The molecule has 0 heterocycles. The molecule has 0 N–H and O–H groups in total. The van der Waals surface area contributed by atoms with E-state index in [0.717, 1.165) is 37.0 Å². The fourth-order valence-electron chi connectivity index (χ4n) is 2.19.